The summed E-state index contributed by atoms with van der Waals surface area (Å²) in [6, 6.07) is 14.6. The van der Waals surface area contributed by atoms with Crippen LogP contribution in [0.5, 0.6) is 0 Å². The van der Waals surface area contributed by atoms with Gasteiger partial charge in [0, 0.05) is 24.1 Å². The van der Waals surface area contributed by atoms with E-state index in [-0.39, 0.29) is 16.6 Å². The fraction of sp³-hybridized carbons (Fsp3) is 0.294. The zero-order chi connectivity index (χ0) is 17.3. The number of benzene rings is 2. The molecule has 1 aliphatic carbocycles. The molecule has 6 nitrogen and oxygen atoms in total. The molecule has 2 aromatic carbocycles. The van der Waals surface area contributed by atoms with E-state index in [1.165, 1.54) is 17.7 Å². The average Bonchev–Trinajstić information content (AvgIpc) is 2.50. The fourth-order valence-electron chi connectivity index (χ4n) is 3.02. The molecule has 24 heavy (non-hydrogen) atoms. The quantitative estimate of drug-likeness (QED) is 0.662. The molecule has 0 radical (unpaired) electrons. The average molecular weight is 346 g/mol. The van der Waals surface area contributed by atoms with Crippen molar-refractivity contribution in [3.63, 3.8) is 0 Å². The molecule has 0 aliphatic heterocycles. The molecule has 0 spiro atoms. The van der Waals surface area contributed by atoms with E-state index in [4.69, 9.17) is 0 Å². The minimum atomic E-state index is -3.66. The van der Waals surface area contributed by atoms with E-state index >= 15 is 0 Å². The van der Waals surface area contributed by atoms with Crippen molar-refractivity contribution < 1.29 is 13.3 Å². The number of hydrogen-bond donors (Lipinski definition) is 1. The Labute approximate surface area is 140 Å². The second kappa shape index (κ2) is 6.24. The van der Waals surface area contributed by atoms with Crippen molar-refractivity contribution in [2.24, 2.45) is 0 Å². The number of nitro benzene ring substituents is 1. The topological polar surface area (TPSA) is 89.3 Å². The molecule has 1 N–H and O–H groups in total. The molecule has 1 fully saturated rings. The van der Waals surface area contributed by atoms with E-state index in [9.17, 15) is 18.5 Å². The minimum absolute atomic E-state index is 0.240. The first kappa shape index (κ1) is 16.4. The fourth-order valence-corrected chi connectivity index (χ4v) is 3.88. The molecule has 0 atom stereocenters. The van der Waals surface area contributed by atoms with Crippen molar-refractivity contribution in [1.29, 1.82) is 0 Å². The number of hydrogen-bond acceptors (Lipinski definition) is 5. The molecule has 126 valence electrons. The molecule has 0 unspecified atom stereocenters. The number of anilines is 1. The Hall–Kier alpha value is -2.41. The number of nitrogens with one attached hydrogen (secondary N) is 1. The molecule has 0 saturated heterocycles. The van der Waals surface area contributed by atoms with Gasteiger partial charge >= 0.3 is 0 Å². The van der Waals surface area contributed by atoms with Crippen LogP contribution in [-0.4, -0.2) is 25.6 Å². The highest BCUT2D eigenvalue weighted by Crippen LogP contribution is 2.39. The molecule has 0 aromatic heterocycles. The second-order valence-electron chi connectivity index (χ2n) is 6.13. The monoisotopic (exact) mass is 346 g/mol. The van der Waals surface area contributed by atoms with Gasteiger partial charge in [0.25, 0.3) is 5.69 Å². The summed E-state index contributed by atoms with van der Waals surface area (Å²) < 4.78 is 23.6. The third-order valence-electron chi connectivity index (χ3n) is 4.34. The van der Waals surface area contributed by atoms with Crippen molar-refractivity contribution in [3.8, 4) is 0 Å². The van der Waals surface area contributed by atoms with Crippen LogP contribution in [-0.2, 0) is 9.84 Å². The van der Waals surface area contributed by atoms with Crippen LogP contribution in [0.25, 0.3) is 0 Å². The lowest BCUT2D eigenvalue weighted by Gasteiger charge is -2.37. The van der Waals surface area contributed by atoms with E-state index in [0.717, 1.165) is 19.1 Å². The van der Waals surface area contributed by atoms with Gasteiger partial charge in [0.1, 0.15) is 4.90 Å². The van der Waals surface area contributed by atoms with Crippen LogP contribution in [0.3, 0.4) is 0 Å². The predicted octanol–water partition coefficient (Wildman–Crippen LogP) is 3.36. The van der Waals surface area contributed by atoms with Crippen molar-refractivity contribution >= 4 is 21.2 Å². The summed E-state index contributed by atoms with van der Waals surface area (Å²) in [4.78, 5) is 10.1. The largest absolute Gasteiger partial charge is 0.382 e. The molecular formula is C17H18N2O4S. The third kappa shape index (κ3) is 3.41. The molecule has 7 heteroatoms. The van der Waals surface area contributed by atoms with E-state index in [2.05, 4.69) is 17.4 Å². The van der Waals surface area contributed by atoms with E-state index in [0.29, 0.717) is 11.6 Å². The van der Waals surface area contributed by atoms with Crippen LogP contribution in [0.2, 0.25) is 0 Å². The Bertz CT molecular complexity index is 859. The van der Waals surface area contributed by atoms with Gasteiger partial charge in [-0.15, -0.1) is 0 Å². The third-order valence-corrected chi connectivity index (χ3v) is 5.46. The summed E-state index contributed by atoms with van der Waals surface area (Å²) in [7, 11) is -3.66. The zero-order valence-electron chi connectivity index (χ0n) is 13.2. The summed E-state index contributed by atoms with van der Waals surface area (Å²) >= 11 is 0. The highest BCUT2D eigenvalue weighted by atomic mass is 32.2. The molecular weight excluding hydrogens is 328 g/mol. The first-order chi connectivity index (χ1) is 11.3. The van der Waals surface area contributed by atoms with Gasteiger partial charge in [-0.2, -0.15) is 0 Å². The number of nitro groups is 1. The summed E-state index contributed by atoms with van der Waals surface area (Å²) in [5.41, 5.74) is 1.51. The lowest BCUT2D eigenvalue weighted by Crippen LogP contribution is -2.34. The van der Waals surface area contributed by atoms with E-state index in [1.807, 2.05) is 18.2 Å². The lowest BCUT2D eigenvalue weighted by molar-refractivity contribution is -0.387. The maximum absolute atomic E-state index is 11.8. The van der Waals surface area contributed by atoms with Gasteiger partial charge in [-0.25, -0.2) is 8.42 Å². The van der Waals surface area contributed by atoms with Crippen LogP contribution >= 0.6 is 0 Å². The Morgan fingerprint density at radius 1 is 1.12 bits per heavy atom. The van der Waals surface area contributed by atoms with Crippen molar-refractivity contribution in [2.75, 3.05) is 11.6 Å². The lowest BCUT2D eigenvalue weighted by atomic mass is 9.76. The first-order valence-electron chi connectivity index (χ1n) is 7.64. The molecule has 2 aromatic rings. The normalized spacial score (nSPS) is 20.2. The highest BCUT2D eigenvalue weighted by Gasteiger charge is 2.30. The summed E-state index contributed by atoms with van der Waals surface area (Å²) in [6.45, 7) is 0. The SMILES string of the molecule is CS(=O)(=O)c1cc(NC2CC(c3ccccc3)C2)ccc1[N+](=O)[O-]. The van der Waals surface area contributed by atoms with Gasteiger partial charge in [-0.1, -0.05) is 30.3 Å². The maximum atomic E-state index is 11.8. The zero-order valence-corrected chi connectivity index (χ0v) is 14.0. The summed E-state index contributed by atoms with van der Waals surface area (Å²) in [5.74, 6) is 0.496. The van der Waals surface area contributed by atoms with Crippen LogP contribution in [0.4, 0.5) is 11.4 Å². The van der Waals surface area contributed by atoms with Crippen LogP contribution in [0, 0.1) is 10.1 Å². The van der Waals surface area contributed by atoms with Gasteiger partial charge in [0.15, 0.2) is 9.84 Å². The number of sulfone groups is 1. The standard InChI is InChI=1S/C17H18N2O4S/c1-24(22,23)17-11-14(7-8-16(17)19(20)21)18-15-9-13(10-15)12-5-3-2-4-6-12/h2-8,11,13,15,18H,9-10H2,1H3. The molecule has 1 saturated carbocycles. The van der Waals surface area contributed by atoms with Crippen molar-refractivity contribution in [3.05, 3.63) is 64.2 Å². The van der Waals surface area contributed by atoms with E-state index < -0.39 is 14.8 Å². The molecule has 0 amide bonds. The smallest absolute Gasteiger partial charge is 0.288 e. The summed E-state index contributed by atoms with van der Waals surface area (Å²) in [6.07, 6.45) is 2.89. The Balaban J connectivity index is 1.72. The van der Waals surface area contributed by atoms with E-state index in [1.54, 1.807) is 6.07 Å². The summed E-state index contributed by atoms with van der Waals surface area (Å²) in [5, 5.41) is 14.3. The van der Waals surface area contributed by atoms with Gasteiger partial charge in [-0.3, -0.25) is 10.1 Å². The van der Waals surface area contributed by atoms with Gasteiger partial charge in [0.05, 0.1) is 4.92 Å². The minimum Gasteiger partial charge on any atom is -0.382 e. The van der Waals surface area contributed by atoms with Crippen molar-refractivity contribution in [2.45, 2.75) is 29.7 Å². The van der Waals surface area contributed by atoms with Crippen LogP contribution in [0.15, 0.2) is 53.4 Å². The Morgan fingerprint density at radius 2 is 1.79 bits per heavy atom. The van der Waals surface area contributed by atoms with Crippen molar-refractivity contribution in [1.82, 2.24) is 0 Å². The van der Waals surface area contributed by atoms with Crippen LogP contribution in [0.1, 0.15) is 24.3 Å². The molecule has 0 heterocycles. The Morgan fingerprint density at radius 3 is 2.38 bits per heavy atom. The number of nitrogens with zero attached hydrogens (tertiary/aromatic N) is 1. The van der Waals surface area contributed by atoms with Gasteiger partial charge in [-0.05, 0) is 36.5 Å². The number of rotatable bonds is 5. The maximum Gasteiger partial charge on any atom is 0.288 e. The molecule has 0 bridgehead atoms. The van der Waals surface area contributed by atoms with Gasteiger partial charge in [0.2, 0.25) is 0 Å². The highest BCUT2D eigenvalue weighted by molar-refractivity contribution is 7.90. The predicted molar refractivity (Wildman–Crippen MR) is 92.0 cm³/mol. The van der Waals surface area contributed by atoms with Gasteiger partial charge < -0.3 is 5.32 Å². The molecule has 3 rings (SSSR count). The second-order valence-corrected chi connectivity index (χ2v) is 8.12. The molecule has 1 aliphatic rings. The Kier molecular flexibility index (Phi) is 4.28. The van der Waals surface area contributed by atoms with Crippen LogP contribution < -0.4 is 5.32 Å². The first-order valence-corrected chi connectivity index (χ1v) is 9.53.